The van der Waals surface area contributed by atoms with Gasteiger partial charge in [0.25, 0.3) is 0 Å². The molecule has 1 saturated heterocycles. The van der Waals surface area contributed by atoms with E-state index in [2.05, 4.69) is 28.4 Å². The number of hydrogen-bond acceptors (Lipinski definition) is 6. The zero-order valence-electron chi connectivity index (χ0n) is 18.2. The number of nitrogens with one attached hydrogen (secondary N) is 1. The summed E-state index contributed by atoms with van der Waals surface area (Å²) in [5, 5.41) is 15.1. The average Bonchev–Trinajstić information content (AvgIpc) is 3.30. The smallest absolute Gasteiger partial charge is 0.231 e. The van der Waals surface area contributed by atoms with E-state index in [1.165, 1.54) is 5.56 Å². The number of nitrogens with zero attached hydrogens (tertiary/aromatic N) is 1. The molecule has 0 unspecified atom stereocenters. The summed E-state index contributed by atoms with van der Waals surface area (Å²) in [5.74, 6) is 2.40. The molecule has 1 aliphatic carbocycles. The number of hydrogen-bond donors (Lipinski definition) is 2. The SMILES string of the molecule is COc1cccc(CC2(N3CCNCC3)CCC(O)(c3ccc4c(c3)OCO4)CC2)c1. The molecular weight excluding hydrogens is 392 g/mol. The van der Waals surface area contributed by atoms with E-state index < -0.39 is 5.60 Å². The van der Waals surface area contributed by atoms with Crippen LogP contribution in [0.2, 0.25) is 0 Å². The Morgan fingerprint density at radius 1 is 1.00 bits per heavy atom. The Balaban J connectivity index is 1.39. The number of ether oxygens (including phenoxy) is 3. The summed E-state index contributed by atoms with van der Waals surface area (Å²) >= 11 is 0. The predicted molar refractivity (Wildman–Crippen MR) is 119 cm³/mol. The number of aliphatic hydroxyl groups is 1. The summed E-state index contributed by atoms with van der Waals surface area (Å²) in [6.45, 7) is 4.39. The first kappa shape index (κ1) is 20.6. The van der Waals surface area contributed by atoms with Crippen molar-refractivity contribution in [2.45, 2.75) is 43.2 Å². The average molecular weight is 425 g/mol. The second-order valence-corrected chi connectivity index (χ2v) is 9.09. The van der Waals surface area contributed by atoms with Gasteiger partial charge in [-0.3, -0.25) is 4.90 Å². The van der Waals surface area contributed by atoms with Crippen molar-refractivity contribution in [1.29, 1.82) is 0 Å². The molecule has 31 heavy (non-hydrogen) atoms. The lowest BCUT2D eigenvalue weighted by Gasteiger charge is -2.52. The minimum atomic E-state index is -0.826. The molecule has 2 heterocycles. The summed E-state index contributed by atoms with van der Waals surface area (Å²) in [5.41, 5.74) is 1.46. The van der Waals surface area contributed by atoms with E-state index in [9.17, 15) is 5.11 Å². The highest BCUT2D eigenvalue weighted by molar-refractivity contribution is 5.46. The van der Waals surface area contributed by atoms with Gasteiger partial charge in [-0.15, -0.1) is 0 Å². The summed E-state index contributed by atoms with van der Waals surface area (Å²) in [6.07, 6.45) is 4.35. The van der Waals surface area contributed by atoms with Gasteiger partial charge in [-0.05, 0) is 67.5 Å². The molecule has 0 aromatic heterocycles. The maximum Gasteiger partial charge on any atom is 0.231 e. The highest BCUT2D eigenvalue weighted by Crippen LogP contribution is 2.47. The fraction of sp³-hybridized carbons (Fsp3) is 0.520. The van der Waals surface area contributed by atoms with Crippen LogP contribution < -0.4 is 19.5 Å². The van der Waals surface area contributed by atoms with Crippen LogP contribution in [0.1, 0.15) is 36.8 Å². The normalized spacial score (nSPS) is 28.5. The lowest BCUT2D eigenvalue weighted by molar-refractivity contribution is -0.0628. The van der Waals surface area contributed by atoms with Gasteiger partial charge in [0.15, 0.2) is 11.5 Å². The monoisotopic (exact) mass is 424 g/mol. The minimum absolute atomic E-state index is 0.0526. The van der Waals surface area contributed by atoms with Gasteiger partial charge in [-0.1, -0.05) is 18.2 Å². The molecule has 5 rings (SSSR count). The zero-order chi connectivity index (χ0) is 21.3. The third-order valence-electron chi connectivity index (χ3n) is 7.37. The molecule has 2 aromatic carbocycles. The van der Waals surface area contributed by atoms with Crippen molar-refractivity contribution in [2.75, 3.05) is 40.1 Å². The largest absolute Gasteiger partial charge is 0.497 e. The van der Waals surface area contributed by atoms with E-state index >= 15 is 0 Å². The molecule has 2 aromatic rings. The highest BCUT2D eigenvalue weighted by Gasteiger charge is 2.46. The fourth-order valence-electron chi connectivity index (χ4n) is 5.51. The third kappa shape index (κ3) is 4.00. The van der Waals surface area contributed by atoms with E-state index in [1.807, 2.05) is 24.3 Å². The van der Waals surface area contributed by atoms with Crippen molar-refractivity contribution in [1.82, 2.24) is 10.2 Å². The molecule has 1 saturated carbocycles. The quantitative estimate of drug-likeness (QED) is 0.769. The predicted octanol–water partition coefficient (Wildman–Crippen LogP) is 3.07. The van der Waals surface area contributed by atoms with Crippen LogP contribution >= 0.6 is 0 Å². The van der Waals surface area contributed by atoms with Gasteiger partial charge in [-0.2, -0.15) is 0 Å². The summed E-state index contributed by atoms with van der Waals surface area (Å²) in [4.78, 5) is 2.65. The van der Waals surface area contributed by atoms with Gasteiger partial charge in [0.2, 0.25) is 6.79 Å². The molecule has 166 valence electrons. The number of benzene rings is 2. The molecule has 3 aliphatic rings. The van der Waals surface area contributed by atoms with Gasteiger partial charge in [0.1, 0.15) is 5.75 Å². The summed E-state index contributed by atoms with van der Waals surface area (Å²) in [6, 6.07) is 14.3. The summed E-state index contributed by atoms with van der Waals surface area (Å²) < 4.78 is 16.5. The molecule has 2 aliphatic heterocycles. The van der Waals surface area contributed by atoms with Crippen LogP contribution in [-0.2, 0) is 12.0 Å². The van der Waals surface area contributed by atoms with Gasteiger partial charge >= 0.3 is 0 Å². The maximum atomic E-state index is 11.6. The van der Waals surface area contributed by atoms with Crippen LogP contribution in [0.4, 0.5) is 0 Å². The first-order valence-electron chi connectivity index (χ1n) is 11.3. The van der Waals surface area contributed by atoms with Crippen LogP contribution in [0.5, 0.6) is 17.2 Å². The second-order valence-electron chi connectivity index (χ2n) is 9.09. The molecule has 0 bridgehead atoms. The fourth-order valence-corrected chi connectivity index (χ4v) is 5.51. The molecule has 0 amide bonds. The molecule has 0 atom stereocenters. The Kier molecular flexibility index (Phi) is 5.54. The zero-order valence-corrected chi connectivity index (χ0v) is 18.2. The molecule has 0 spiro atoms. The van der Waals surface area contributed by atoms with Crippen LogP contribution in [0.3, 0.4) is 0 Å². The first-order valence-corrected chi connectivity index (χ1v) is 11.3. The molecule has 0 radical (unpaired) electrons. The van der Waals surface area contributed by atoms with E-state index in [1.54, 1.807) is 7.11 Å². The van der Waals surface area contributed by atoms with Crippen LogP contribution in [0, 0.1) is 0 Å². The lowest BCUT2D eigenvalue weighted by atomic mass is 9.68. The van der Waals surface area contributed by atoms with Crippen LogP contribution in [0.15, 0.2) is 42.5 Å². The topological polar surface area (TPSA) is 63.2 Å². The number of methoxy groups -OCH3 is 1. The van der Waals surface area contributed by atoms with Gasteiger partial charge < -0.3 is 24.6 Å². The van der Waals surface area contributed by atoms with Crippen molar-refractivity contribution in [3.63, 3.8) is 0 Å². The van der Waals surface area contributed by atoms with E-state index in [4.69, 9.17) is 14.2 Å². The van der Waals surface area contributed by atoms with Crippen molar-refractivity contribution in [3.8, 4) is 17.2 Å². The van der Waals surface area contributed by atoms with Crippen LogP contribution in [0.25, 0.3) is 0 Å². The Bertz CT molecular complexity index is 917. The number of fused-ring (bicyclic) bond motifs is 1. The van der Waals surface area contributed by atoms with Crippen molar-refractivity contribution in [2.24, 2.45) is 0 Å². The first-order chi connectivity index (χ1) is 15.1. The van der Waals surface area contributed by atoms with E-state index in [-0.39, 0.29) is 12.3 Å². The molecule has 6 heteroatoms. The molecular formula is C25H32N2O4. The Hall–Kier alpha value is -2.28. The third-order valence-corrected chi connectivity index (χ3v) is 7.37. The van der Waals surface area contributed by atoms with Gasteiger partial charge in [0.05, 0.1) is 12.7 Å². The Morgan fingerprint density at radius 3 is 2.55 bits per heavy atom. The Labute approximate surface area is 184 Å². The number of piperazine rings is 1. The molecule has 2 fully saturated rings. The second kappa shape index (κ2) is 8.34. The Morgan fingerprint density at radius 2 is 1.77 bits per heavy atom. The maximum absolute atomic E-state index is 11.6. The molecule has 2 N–H and O–H groups in total. The lowest BCUT2D eigenvalue weighted by Crippen LogP contribution is -2.59. The highest BCUT2D eigenvalue weighted by atomic mass is 16.7. The van der Waals surface area contributed by atoms with Gasteiger partial charge in [0, 0.05) is 31.7 Å². The van der Waals surface area contributed by atoms with Crippen molar-refractivity contribution >= 4 is 0 Å². The van der Waals surface area contributed by atoms with Crippen LogP contribution in [-0.4, -0.2) is 55.6 Å². The minimum Gasteiger partial charge on any atom is -0.497 e. The standard InChI is InChI=1S/C25H32N2O4/c1-29-21-4-2-3-19(15-21)17-24(27-13-11-26-12-14-27)7-9-25(28,10-8-24)20-5-6-22-23(16-20)31-18-30-22/h2-6,15-16,26,28H,7-14,17-18H2,1H3. The van der Waals surface area contributed by atoms with Gasteiger partial charge in [-0.25, -0.2) is 0 Å². The van der Waals surface area contributed by atoms with E-state index in [0.29, 0.717) is 0 Å². The summed E-state index contributed by atoms with van der Waals surface area (Å²) in [7, 11) is 1.72. The molecule has 6 nitrogen and oxygen atoms in total. The van der Waals surface area contributed by atoms with Crippen molar-refractivity contribution < 1.29 is 19.3 Å². The number of rotatable bonds is 5. The van der Waals surface area contributed by atoms with E-state index in [0.717, 1.165) is 81.1 Å². The van der Waals surface area contributed by atoms with Crippen molar-refractivity contribution in [3.05, 3.63) is 53.6 Å².